The van der Waals surface area contributed by atoms with Gasteiger partial charge in [0, 0.05) is 12.1 Å². The van der Waals surface area contributed by atoms with Crippen LogP contribution in [0.15, 0.2) is 71.7 Å². The molecule has 0 aliphatic carbocycles. The Balaban J connectivity index is 2.34. The summed E-state index contributed by atoms with van der Waals surface area (Å²) in [7, 11) is 0. The molecule has 1 aliphatic rings. The zero-order chi connectivity index (χ0) is 20.3. The molecule has 3 rings (SSSR count). The van der Waals surface area contributed by atoms with E-state index < -0.39 is 23.5 Å². The zero-order valence-corrected chi connectivity index (χ0v) is 15.0. The van der Waals surface area contributed by atoms with Crippen LogP contribution in [-0.2, 0) is 0 Å². The normalized spacial score (nSPS) is 23.8. The summed E-state index contributed by atoms with van der Waals surface area (Å²) >= 11 is 0. The van der Waals surface area contributed by atoms with Gasteiger partial charge in [-0.2, -0.15) is 15.1 Å². The summed E-state index contributed by atoms with van der Waals surface area (Å²) in [6.45, 7) is 1.53. The van der Waals surface area contributed by atoms with Gasteiger partial charge in [-0.15, -0.1) is 0 Å². The second kappa shape index (κ2) is 7.46. The third kappa shape index (κ3) is 3.28. The van der Waals surface area contributed by atoms with Gasteiger partial charge in [0.15, 0.2) is 18.1 Å². The molecule has 0 bridgehead atoms. The maximum atomic E-state index is 13.5. The Kier molecular flexibility index (Phi) is 5.06. The topological polar surface area (TPSA) is 108 Å². The first-order chi connectivity index (χ1) is 13.4. The Labute approximate surface area is 161 Å². The summed E-state index contributed by atoms with van der Waals surface area (Å²) in [6.07, 6.45) is 3.52. The van der Waals surface area contributed by atoms with Crippen molar-refractivity contribution >= 4 is 5.87 Å². The van der Waals surface area contributed by atoms with Crippen molar-refractivity contribution in [2.75, 3.05) is 0 Å². The highest BCUT2D eigenvalue weighted by atomic mass is 19.1. The van der Waals surface area contributed by atoms with Crippen LogP contribution in [0.2, 0.25) is 0 Å². The van der Waals surface area contributed by atoms with Crippen molar-refractivity contribution < 1.29 is 14.1 Å². The lowest BCUT2D eigenvalue weighted by Crippen LogP contribution is -2.63. The molecule has 0 radical (unpaired) electrons. The molecule has 138 valence electrons. The van der Waals surface area contributed by atoms with Crippen LogP contribution in [0.5, 0.6) is 0 Å². The van der Waals surface area contributed by atoms with Crippen LogP contribution in [0.25, 0.3) is 0 Å². The summed E-state index contributed by atoms with van der Waals surface area (Å²) in [5, 5.41) is 40.7. The van der Waals surface area contributed by atoms with Gasteiger partial charge in [-0.3, -0.25) is 5.41 Å². The fourth-order valence-electron chi connectivity index (χ4n) is 3.58. The van der Waals surface area contributed by atoms with E-state index in [9.17, 15) is 20.0 Å². The van der Waals surface area contributed by atoms with Crippen LogP contribution in [0.1, 0.15) is 24.4 Å². The molecule has 1 aliphatic heterocycles. The summed E-state index contributed by atoms with van der Waals surface area (Å²) in [4.78, 5) is 0. The first-order valence-electron chi connectivity index (χ1n) is 8.49. The fourth-order valence-corrected chi connectivity index (χ4v) is 3.58. The number of aromatic nitrogens is 1. The minimum absolute atomic E-state index is 0.0482. The lowest BCUT2D eigenvalue weighted by Gasteiger charge is -2.40. The first-order valence-corrected chi connectivity index (χ1v) is 8.49. The van der Waals surface area contributed by atoms with Crippen LogP contribution in [-0.4, -0.2) is 16.7 Å². The van der Waals surface area contributed by atoms with Crippen molar-refractivity contribution in [1.29, 1.82) is 15.9 Å². The van der Waals surface area contributed by atoms with Crippen LogP contribution >= 0.6 is 0 Å². The largest absolute Gasteiger partial charge is 0.366 e. The second-order valence-corrected chi connectivity index (χ2v) is 6.58. The predicted octanol–water partition coefficient (Wildman–Crippen LogP) is 2.23. The van der Waals surface area contributed by atoms with Crippen molar-refractivity contribution in [3.63, 3.8) is 0 Å². The number of nitrogens with one attached hydrogen (secondary N) is 2. The molecule has 3 N–H and O–H groups in total. The number of allylic oxidation sites excluding steroid dienone is 2. The average Bonchev–Trinajstić information content (AvgIpc) is 2.69. The Morgan fingerprint density at radius 1 is 1.21 bits per heavy atom. The number of benzene rings is 1. The summed E-state index contributed by atoms with van der Waals surface area (Å²) in [5.74, 6) is 0.899. The molecule has 0 fully saturated rings. The summed E-state index contributed by atoms with van der Waals surface area (Å²) < 4.78 is 15.3. The van der Waals surface area contributed by atoms with E-state index in [1.165, 1.54) is 19.1 Å². The molecule has 28 heavy (non-hydrogen) atoms. The molecule has 0 saturated carbocycles. The van der Waals surface area contributed by atoms with Gasteiger partial charge < -0.3 is 10.4 Å². The maximum absolute atomic E-state index is 13.5. The molecule has 0 amide bonds. The highest BCUT2D eigenvalue weighted by Crippen LogP contribution is 2.43. The SMILES string of the molecule is C[C@]1(O)NC(C(=C=N)C#N)=C(C#N)[C@H](c2ccc(F)cc2)[C@H]1[n+]1ccccc1. The molecule has 3 atom stereocenters. The Morgan fingerprint density at radius 3 is 2.39 bits per heavy atom. The predicted molar refractivity (Wildman–Crippen MR) is 98.1 cm³/mol. The minimum Gasteiger partial charge on any atom is -0.366 e. The lowest BCUT2D eigenvalue weighted by atomic mass is 9.76. The van der Waals surface area contributed by atoms with Crippen molar-refractivity contribution in [2.45, 2.75) is 24.6 Å². The lowest BCUT2D eigenvalue weighted by molar-refractivity contribution is -0.741. The Bertz CT molecular complexity index is 1050. The first kappa shape index (κ1) is 19.0. The van der Waals surface area contributed by atoms with Gasteiger partial charge in [0.2, 0.25) is 6.04 Å². The Morgan fingerprint density at radius 2 is 1.86 bits per heavy atom. The maximum Gasteiger partial charge on any atom is 0.216 e. The van der Waals surface area contributed by atoms with E-state index in [4.69, 9.17) is 5.41 Å². The number of hydrogen-bond donors (Lipinski definition) is 3. The number of aliphatic hydroxyl groups is 1. The molecular formula is C21H17FN5O+. The van der Waals surface area contributed by atoms with Gasteiger partial charge >= 0.3 is 0 Å². The van der Waals surface area contributed by atoms with E-state index >= 15 is 0 Å². The number of hydrogen-bond acceptors (Lipinski definition) is 5. The molecule has 1 aromatic carbocycles. The van der Waals surface area contributed by atoms with Crippen molar-refractivity contribution in [3.05, 3.63) is 83.1 Å². The number of halogens is 1. The molecule has 6 nitrogen and oxygen atoms in total. The molecule has 7 heteroatoms. The average molecular weight is 374 g/mol. The van der Waals surface area contributed by atoms with Crippen molar-refractivity contribution in [1.82, 2.24) is 5.32 Å². The quantitative estimate of drug-likeness (QED) is 0.435. The molecule has 0 unspecified atom stereocenters. The summed E-state index contributed by atoms with van der Waals surface area (Å²) in [5.41, 5.74) is -0.969. The van der Waals surface area contributed by atoms with Crippen LogP contribution in [0.3, 0.4) is 0 Å². The van der Waals surface area contributed by atoms with E-state index in [0.717, 1.165) is 0 Å². The standard InChI is InChI=1S/C21H17FN5O/c1-21(28)20(27-9-3-2-4-10-27)18(14-5-7-16(22)8-6-14)17(13-25)19(26-21)15(11-23)12-24/h2-10,18,20,23,26,28H,1H3/q+1/t18-,20+,21+/m0/s1. The number of nitriles is 2. The van der Waals surface area contributed by atoms with E-state index in [2.05, 4.69) is 11.4 Å². The third-order valence-corrected chi connectivity index (χ3v) is 4.75. The van der Waals surface area contributed by atoms with Gasteiger partial charge in [0.05, 0.1) is 23.3 Å². The van der Waals surface area contributed by atoms with E-state index in [-0.39, 0.29) is 16.8 Å². The summed E-state index contributed by atoms with van der Waals surface area (Å²) in [6, 6.07) is 14.3. The molecule has 2 heterocycles. The highest BCUT2D eigenvalue weighted by molar-refractivity contribution is 5.71. The van der Waals surface area contributed by atoms with Gasteiger partial charge in [-0.1, -0.05) is 18.2 Å². The molecular weight excluding hydrogens is 357 g/mol. The van der Waals surface area contributed by atoms with E-state index in [0.29, 0.717) is 5.56 Å². The second-order valence-electron chi connectivity index (χ2n) is 6.58. The van der Waals surface area contributed by atoms with Crippen LogP contribution in [0.4, 0.5) is 4.39 Å². The zero-order valence-electron chi connectivity index (χ0n) is 15.0. The fraction of sp³-hybridized carbons (Fsp3) is 0.190. The van der Waals surface area contributed by atoms with Crippen LogP contribution in [0, 0.1) is 33.9 Å². The van der Waals surface area contributed by atoms with Crippen molar-refractivity contribution in [3.8, 4) is 12.1 Å². The van der Waals surface area contributed by atoms with Gasteiger partial charge in [-0.25, -0.2) is 4.39 Å². The minimum atomic E-state index is -1.58. The van der Waals surface area contributed by atoms with E-state index in [1.54, 1.807) is 41.2 Å². The monoisotopic (exact) mass is 374 g/mol. The third-order valence-electron chi connectivity index (χ3n) is 4.75. The Hall–Kier alpha value is -3.77. The molecule has 0 saturated heterocycles. The number of pyridine rings is 1. The van der Waals surface area contributed by atoms with Gasteiger partial charge in [-0.05, 0) is 30.5 Å². The number of rotatable bonds is 3. The van der Waals surface area contributed by atoms with Crippen molar-refractivity contribution in [2.24, 2.45) is 0 Å². The van der Waals surface area contributed by atoms with Crippen LogP contribution < -0.4 is 9.88 Å². The smallest absolute Gasteiger partial charge is 0.216 e. The highest BCUT2D eigenvalue weighted by Gasteiger charge is 2.52. The molecule has 2 aromatic rings. The van der Waals surface area contributed by atoms with E-state index in [1.807, 2.05) is 18.0 Å². The molecule has 0 spiro atoms. The van der Waals surface area contributed by atoms with Gasteiger partial charge in [0.1, 0.15) is 17.5 Å². The van der Waals surface area contributed by atoms with Gasteiger partial charge in [0.25, 0.3) is 0 Å². The number of nitrogens with zero attached hydrogens (tertiary/aromatic N) is 3. The molecule has 1 aromatic heterocycles.